The molecule has 3 heteroatoms. The maximum atomic E-state index is 9.94. The van der Waals surface area contributed by atoms with Gasteiger partial charge in [0.2, 0.25) is 0 Å². The summed E-state index contributed by atoms with van der Waals surface area (Å²) in [6, 6.07) is 11.2. The predicted octanol–water partition coefficient (Wildman–Crippen LogP) is 2.08. The van der Waals surface area contributed by atoms with Crippen molar-refractivity contribution in [2.75, 3.05) is 27.2 Å². The van der Waals surface area contributed by atoms with Crippen LogP contribution in [0.2, 0.25) is 0 Å². The first-order valence-corrected chi connectivity index (χ1v) is 7.52. The summed E-state index contributed by atoms with van der Waals surface area (Å²) in [5.41, 5.74) is 1.68. The third-order valence-corrected chi connectivity index (χ3v) is 4.65. The van der Waals surface area contributed by atoms with E-state index in [2.05, 4.69) is 49.5 Å². The van der Waals surface area contributed by atoms with E-state index in [1.165, 1.54) is 5.56 Å². The average molecular weight is 276 g/mol. The number of nitrogens with zero attached hydrogens (tertiary/aromatic N) is 1. The Balaban J connectivity index is 1.85. The first-order chi connectivity index (χ1) is 9.41. The maximum Gasteiger partial charge on any atom is 0.0791 e. The summed E-state index contributed by atoms with van der Waals surface area (Å²) in [7, 11) is 3.98. The quantitative estimate of drug-likeness (QED) is 0.835. The molecule has 0 aromatic heterocycles. The number of rotatable bonds is 6. The normalized spacial score (nSPS) is 26.3. The molecule has 1 saturated carbocycles. The standard InChI is InChI=1S/C17H28N2O/c1-17(2)15(13-8-6-5-7-9-13)10-16(17)18-11-14(20)12-19(3)4/h5-9,14-16,18,20H,10-12H2,1-4H3/t14-,15-,16-/m1/s1. The van der Waals surface area contributed by atoms with Gasteiger partial charge in [0.05, 0.1) is 6.10 Å². The van der Waals surface area contributed by atoms with E-state index in [4.69, 9.17) is 0 Å². The van der Waals surface area contributed by atoms with Crippen molar-refractivity contribution >= 4 is 0 Å². The molecule has 0 bridgehead atoms. The van der Waals surface area contributed by atoms with Crippen LogP contribution in [-0.2, 0) is 0 Å². The summed E-state index contributed by atoms with van der Waals surface area (Å²) in [4.78, 5) is 2.02. The number of hydrogen-bond acceptors (Lipinski definition) is 3. The number of likely N-dealkylation sites (N-methyl/N-ethyl adjacent to an activating group) is 1. The molecule has 0 radical (unpaired) electrons. The van der Waals surface area contributed by atoms with Crippen LogP contribution >= 0.6 is 0 Å². The summed E-state index contributed by atoms with van der Waals surface area (Å²) in [6.45, 7) is 6.03. The molecule has 20 heavy (non-hydrogen) atoms. The van der Waals surface area contributed by atoms with Crippen LogP contribution in [0, 0.1) is 5.41 Å². The van der Waals surface area contributed by atoms with Gasteiger partial charge in [0.25, 0.3) is 0 Å². The topological polar surface area (TPSA) is 35.5 Å². The Morgan fingerprint density at radius 1 is 1.30 bits per heavy atom. The van der Waals surface area contributed by atoms with Crippen molar-refractivity contribution in [3.63, 3.8) is 0 Å². The Morgan fingerprint density at radius 3 is 2.50 bits per heavy atom. The Bertz CT molecular complexity index is 416. The van der Waals surface area contributed by atoms with Gasteiger partial charge in [-0.3, -0.25) is 0 Å². The minimum absolute atomic E-state index is 0.249. The van der Waals surface area contributed by atoms with Crippen molar-refractivity contribution in [3.05, 3.63) is 35.9 Å². The van der Waals surface area contributed by atoms with Gasteiger partial charge in [-0.2, -0.15) is 0 Å². The minimum Gasteiger partial charge on any atom is -0.390 e. The zero-order valence-corrected chi connectivity index (χ0v) is 13.1. The fourth-order valence-corrected chi connectivity index (χ4v) is 3.29. The van der Waals surface area contributed by atoms with Gasteiger partial charge in [-0.15, -0.1) is 0 Å². The van der Waals surface area contributed by atoms with Crippen molar-refractivity contribution in [1.29, 1.82) is 0 Å². The summed E-state index contributed by atoms with van der Waals surface area (Å²) < 4.78 is 0. The van der Waals surface area contributed by atoms with Crippen LogP contribution in [0.1, 0.15) is 31.7 Å². The first-order valence-electron chi connectivity index (χ1n) is 7.52. The molecule has 1 aromatic carbocycles. The van der Waals surface area contributed by atoms with Gasteiger partial charge < -0.3 is 15.3 Å². The molecule has 0 unspecified atom stereocenters. The van der Waals surface area contributed by atoms with E-state index in [9.17, 15) is 5.11 Å². The van der Waals surface area contributed by atoms with Crippen LogP contribution < -0.4 is 5.32 Å². The zero-order chi connectivity index (χ0) is 14.8. The molecule has 112 valence electrons. The molecule has 0 saturated heterocycles. The van der Waals surface area contributed by atoms with E-state index >= 15 is 0 Å². The van der Waals surface area contributed by atoms with Gasteiger partial charge in [0, 0.05) is 19.1 Å². The van der Waals surface area contributed by atoms with Gasteiger partial charge in [-0.1, -0.05) is 44.2 Å². The first kappa shape index (κ1) is 15.5. The van der Waals surface area contributed by atoms with Crippen LogP contribution in [0.25, 0.3) is 0 Å². The molecule has 0 spiro atoms. The second-order valence-corrected chi connectivity index (χ2v) is 6.90. The van der Waals surface area contributed by atoms with E-state index in [-0.39, 0.29) is 11.5 Å². The van der Waals surface area contributed by atoms with Crippen LogP contribution in [0.4, 0.5) is 0 Å². The minimum atomic E-state index is -0.295. The largest absolute Gasteiger partial charge is 0.390 e. The average Bonchev–Trinajstić information content (AvgIpc) is 2.37. The van der Waals surface area contributed by atoms with E-state index < -0.39 is 0 Å². The van der Waals surface area contributed by atoms with Gasteiger partial charge >= 0.3 is 0 Å². The number of nitrogens with one attached hydrogen (secondary N) is 1. The van der Waals surface area contributed by atoms with E-state index in [0.717, 1.165) is 6.42 Å². The number of hydrogen-bond donors (Lipinski definition) is 2. The van der Waals surface area contributed by atoms with Gasteiger partial charge in [-0.25, -0.2) is 0 Å². The summed E-state index contributed by atoms with van der Waals surface area (Å²) >= 11 is 0. The van der Waals surface area contributed by atoms with Crippen LogP contribution in [0.15, 0.2) is 30.3 Å². The second kappa shape index (κ2) is 6.25. The molecule has 1 aliphatic carbocycles. The molecule has 1 aliphatic rings. The predicted molar refractivity (Wildman–Crippen MR) is 83.9 cm³/mol. The molecule has 1 fully saturated rings. The molecule has 0 aliphatic heterocycles. The van der Waals surface area contributed by atoms with Crippen LogP contribution in [-0.4, -0.2) is 49.3 Å². The lowest BCUT2D eigenvalue weighted by atomic mass is 9.56. The van der Waals surface area contributed by atoms with Crippen molar-refractivity contribution in [2.45, 2.75) is 38.3 Å². The lowest BCUT2D eigenvalue weighted by molar-refractivity contribution is 0.0513. The van der Waals surface area contributed by atoms with Gasteiger partial charge in [0.15, 0.2) is 0 Å². The zero-order valence-electron chi connectivity index (χ0n) is 13.1. The summed E-state index contributed by atoms with van der Waals surface area (Å²) in [6.07, 6.45) is 0.864. The van der Waals surface area contributed by atoms with Crippen LogP contribution in [0.5, 0.6) is 0 Å². The molecule has 0 heterocycles. The fraction of sp³-hybridized carbons (Fsp3) is 0.647. The molecule has 3 atom stereocenters. The summed E-state index contributed by atoms with van der Waals surface area (Å²) in [5.74, 6) is 0.618. The highest BCUT2D eigenvalue weighted by molar-refractivity contribution is 5.27. The Morgan fingerprint density at radius 2 is 1.95 bits per heavy atom. The van der Waals surface area contributed by atoms with Crippen molar-refractivity contribution in [3.8, 4) is 0 Å². The van der Waals surface area contributed by atoms with Crippen molar-refractivity contribution in [1.82, 2.24) is 10.2 Å². The van der Waals surface area contributed by atoms with Gasteiger partial charge in [-0.05, 0) is 37.4 Å². The Kier molecular flexibility index (Phi) is 4.84. The van der Waals surface area contributed by atoms with Crippen molar-refractivity contribution in [2.24, 2.45) is 5.41 Å². The highest BCUT2D eigenvalue weighted by Gasteiger charge is 2.48. The highest BCUT2D eigenvalue weighted by atomic mass is 16.3. The molecule has 3 nitrogen and oxygen atoms in total. The summed E-state index contributed by atoms with van der Waals surface area (Å²) in [5, 5.41) is 13.5. The Labute approximate surface area is 123 Å². The highest BCUT2D eigenvalue weighted by Crippen LogP contribution is 2.52. The lowest BCUT2D eigenvalue weighted by Gasteiger charge is -2.53. The number of benzene rings is 1. The molecule has 2 N–H and O–H groups in total. The molecular weight excluding hydrogens is 248 g/mol. The molecule has 2 rings (SSSR count). The number of aliphatic hydroxyl groups is 1. The lowest BCUT2D eigenvalue weighted by Crippen LogP contribution is -2.57. The fourth-order valence-electron chi connectivity index (χ4n) is 3.29. The smallest absolute Gasteiger partial charge is 0.0791 e. The van der Waals surface area contributed by atoms with Gasteiger partial charge in [0.1, 0.15) is 0 Å². The maximum absolute atomic E-state index is 9.94. The molecule has 1 aromatic rings. The molecule has 0 amide bonds. The van der Waals surface area contributed by atoms with E-state index in [0.29, 0.717) is 25.0 Å². The third kappa shape index (κ3) is 3.40. The second-order valence-electron chi connectivity index (χ2n) is 6.90. The Hall–Kier alpha value is -0.900. The van der Waals surface area contributed by atoms with E-state index in [1.807, 2.05) is 19.0 Å². The SMILES string of the molecule is CN(C)C[C@H](O)CN[C@@H]1C[C@H](c2ccccc2)C1(C)C. The third-order valence-electron chi connectivity index (χ3n) is 4.65. The van der Waals surface area contributed by atoms with Crippen LogP contribution in [0.3, 0.4) is 0 Å². The van der Waals surface area contributed by atoms with Crippen molar-refractivity contribution < 1.29 is 5.11 Å². The number of aliphatic hydroxyl groups excluding tert-OH is 1. The van der Waals surface area contributed by atoms with E-state index in [1.54, 1.807) is 0 Å². The molecular formula is C17H28N2O. The monoisotopic (exact) mass is 276 g/mol.